The van der Waals surface area contributed by atoms with Gasteiger partial charge in [-0.3, -0.25) is 0 Å². The quantitative estimate of drug-likeness (QED) is 0.229. The van der Waals surface area contributed by atoms with Gasteiger partial charge in [-0.15, -0.1) is 12.6 Å². The molecule has 0 saturated carbocycles. The first-order valence-corrected chi connectivity index (χ1v) is 14.0. The highest BCUT2D eigenvalue weighted by Crippen LogP contribution is 2.51. The van der Waals surface area contributed by atoms with Crippen molar-refractivity contribution in [3.05, 3.63) is 139 Å². The molecule has 0 unspecified atom stereocenters. The zero-order chi connectivity index (χ0) is 27.3. The number of hydrogen-bond donors (Lipinski definition) is 1. The van der Waals surface area contributed by atoms with Gasteiger partial charge >= 0.3 is 0 Å². The molecule has 0 bridgehead atoms. The van der Waals surface area contributed by atoms with Crippen LogP contribution in [0.5, 0.6) is 0 Å². The molecule has 0 radical (unpaired) electrons. The third-order valence-corrected chi connectivity index (χ3v) is 8.38. The van der Waals surface area contributed by atoms with Crippen LogP contribution >= 0.6 is 12.6 Å². The number of thiol groups is 1. The lowest BCUT2D eigenvalue weighted by atomic mass is 9.80. The van der Waals surface area contributed by atoms with Crippen LogP contribution in [-0.2, 0) is 5.41 Å². The van der Waals surface area contributed by atoms with Crippen molar-refractivity contribution >= 4 is 12.6 Å². The van der Waals surface area contributed by atoms with Gasteiger partial charge in [0.15, 0.2) is 5.82 Å². The van der Waals surface area contributed by atoms with Crippen LogP contribution in [0, 0.1) is 0 Å². The van der Waals surface area contributed by atoms with E-state index in [1.807, 2.05) is 30.3 Å². The number of nitrogens with zero attached hydrogens (tertiary/aromatic N) is 2. The Kier molecular flexibility index (Phi) is 5.91. The first kappa shape index (κ1) is 24.6. The van der Waals surface area contributed by atoms with Crippen LogP contribution in [0.15, 0.2) is 132 Å². The van der Waals surface area contributed by atoms with E-state index in [2.05, 4.69) is 124 Å². The summed E-state index contributed by atoms with van der Waals surface area (Å²) in [6.45, 7) is 4.57. The highest BCUT2D eigenvalue weighted by Gasteiger charge is 2.39. The largest absolute Gasteiger partial charge is 0.228 e. The third-order valence-electron chi connectivity index (χ3n) is 7.99. The highest BCUT2D eigenvalue weighted by atomic mass is 32.1. The first-order valence-electron chi connectivity index (χ1n) is 13.6. The second kappa shape index (κ2) is 9.62. The second-order valence-corrected chi connectivity index (χ2v) is 11.3. The molecule has 2 nitrogen and oxygen atoms in total. The number of hydrogen-bond acceptors (Lipinski definition) is 3. The monoisotopic (exact) mass is 532 g/mol. The van der Waals surface area contributed by atoms with Crippen molar-refractivity contribution in [2.75, 3.05) is 0 Å². The van der Waals surface area contributed by atoms with E-state index in [0.29, 0.717) is 0 Å². The molecular formula is C37H28N2S. The van der Waals surface area contributed by atoms with Gasteiger partial charge in [0.1, 0.15) is 0 Å². The van der Waals surface area contributed by atoms with Gasteiger partial charge in [-0.2, -0.15) is 0 Å². The Bertz CT molecular complexity index is 1870. The van der Waals surface area contributed by atoms with Crippen LogP contribution in [0.1, 0.15) is 25.0 Å². The van der Waals surface area contributed by atoms with Crippen LogP contribution in [0.3, 0.4) is 0 Å². The predicted octanol–water partition coefficient (Wildman–Crippen LogP) is 9.74. The Hall–Kier alpha value is -4.47. The minimum Gasteiger partial charge on any atom is -0.228 e. The molecule has 40 heavy (non-hydrogen) atoms. The second-order valence-electron chi connectivity index (χ2n) is 10.8. The van der Waals surface area contributed by atoms with Crippen molar-refractivity contribution in [3.8, 4) is 56.2 Å². The van der Waals surface area contributed by atoms with E-state index in [-0.39, 0.29) is 5.41 Å². The Morgan fingerprint density at radius 3 is 1.88 bits per heavy atom. The first-order chi connectivity index (χ1) is 19.5. The van der Waals surface area contributed by atoms with Gasteiger partial charge in [-0.25, -0.2) is 9.97 Å². The summed E-state index contributed by atoms with van der Waals surface area (Å²) in [5, 5.41) is 0. The van der Waals surface area contributed by atoms with Gasteiger partial charge in [0, 0.05) is 32.6 Å². The smallest absolute Gasteiger partial charge is 0.160 e. The topological polar surface area (TPSA) is 25.8 Å². The molecule has 0 N–H and O–H groups in total. The van der Waals surface area contributed by atoms with Gasteiger partial charge in [-0.05, 0) is 39.9 Å². The normalized spacial score (nSPS) is 13.1. The molecule has 7 rings (SSSR count). The molecule has 1 aliphatic rings. The van der Waals surface area contributed by atoms with Gasteiger partial charge < -0.3 is 0 Å². The van der Waals surface area contributed by atoms with Gasteiger partial charge in [0.05, 0.1) is 11.4 Å². The van der Waals surface area contributed by atoms with Gasteiger partial charge in [-0.1, -0.05) is 129 Å². The molecule has 3 heteroatoms. The van der Waals surface area contributed by atoms with Gasteiger partial charge in [0.2, 0.25) is 0 Å². The van der Waals surface area contributed by atoms with Crippen LogP contribution in [0.4, 0.5) is 0 Å². The molecule has 1 aromatic heterocycles. The summed E-state index contributed by atoms with van der Waals surface area (Å²) in [5.74, 6) is 0.754. The maximum Gasteiger partial charge on any atom is 0.160 e. The lowest BCUT2D eigenvalue weighted by Crippen LogP contribution is -2.17. The summed E-state index contributed by atoms with van der Waals surface area (Å²) < 4.78 is 0. The van der Waals surface area contributed by atoms with Crippen molar-refractivity contribution in [2.24, 2.45) is 0 Å². The van der Waals surface area contributed by atoms with E-state index < -0.39 is 0 Å². The molecule has 1 heterocycles. The fourth-order valence-electron chi connectivity index (χ4n) is 5.95. The Balaban J connectivity index is 1.35. The lowest BCUT2D eigenvalue weighted by Gasteiger charge is -2.24. The molecule has 0 fully saturated rings. The zero-order valence-corrected chi connectivity index (χ0v) is 23.4. The molecule has 0 amide bonds. The Morgan fingerprint density at radius 2 is 1.10 bits per heavy atom. The van der Waals surface area contributed by atoms with Crippen molar-refractivity contribution in [2.45, 2.75) is 24.2 Å². The third kappa shape index (κ3) is 4.06. The van der Waals surface area contributed by atoms with Crippen LogP contribution in [0.2, 0.25) is 0 Å². The van der Waals surface area contributed by atoms with Crippen molar-refractivity contribution < 1.29 is 0 Å². The maximum atomic E-state index is 5.21. The number of fused-ring (bicyclic) bond motifs is 3. The molecule has 5 aromatic carbocycles. The number of benzene rings is 5. The van der Waals surface area contributed by atoms with Gasteiger partial charge in [0.25, 0.3) is 0 Å². The van der Waals surface area contributed by atoms with E-state index in [9.17, 15) is 0 Å². The fraction of sp³-hybridized carbons (Fsp3) is 0.0811. The van der Waals surface area contributed by atoms with E-state index in [1.54, 1.807) is 0 Å². The average molecular weight is 533 g/mol. The van der Waals surface area contributed by atoms with Crippen LogP contribution in [0.25, 0.3) is 56.2 Å². The molecule has 0 saturated heterocycles. The molecule has 6 aromatic rings. The minimum absolute atomic E-state index is 0.205. The van der Waals surface area contributed by atoms with Crippen molar-refractivity contribution in [1.29, 1.82) is 0 Å². The summed E-state index contributed by atoms with van der Waals surface area (Å²) in [4.78, 5) is 11.3. The van der Waals surface area contributed by atoms with E-state index in [0.717, 1.165) is 44.4 Å². The van der Waals surface area contributed by atoms with Crippen molar-refractivity contribution in [1.82, 2.24) is 9.97 Å². The summed E-state index contributed by atoms with van der Waals surface area (Å²) in [6.07, 6.45) is 0. The van der Waals surface area contributed by atoms with Crippen LogP contribution in [-0.4, -0.2) is 9.97 Å². The highest BCUT2D eigenvalue weighted by molar-refractivity contribution is 7.80. The minimum atomic E-state index is -0.205. The SMILES string of the molecule is CC1(C)c2ccccc2-c2nc(-c3ccccc3)nc(-c3ccc(-c4cccc(-c5ccccc5S)c4)cc3)c21. The van der Waals surface area contributed by atoms with E-state index in [4.69, 9.17) is 9.97 Å². The Labute approximate surface area is 240 Å². The molecule has 1 aliphatic carbocycles. The Morgan fingerprint density at radius 1 is 0.500 bits per heavy atom. The molecule has 0 spiro atoms. The molecule has 192 valence electrons. The summed E-state index contributed by atoms with van der Waals surface area (Å²) in [6, 6.07) is 44.6. The number of rotatable bonds is 4. The fourth-order valence-corrected chi connectivity index (χ4v) is 6.24. The molecular weight excluding hydrogens is 504 g/mol. The van der Waals surface area contributed by atoms with E-state index in [1.165, 1.54) is 27.8 Å². The summed E-state index contributed by atoms with van der Waals surface area (Å²) in [5.41, 5.74) is 12.3. The maximum absolute atomic E-state index is 5.21. The zero-order valence-electron chi connectivity index (χ0n) is 22.5. The molecule has 0 aliphatic heterocycles. The summed E-state index contributed by atoms with van der Waals surface area (Å²) in [7, 11) is 0. The average Bonchev–Trinajstić information content (AvgIpc) is 3.24. The predicted molar refractivity (Wildman–Crippen MR) is 169 cm³/mol. The standard InChI is InChI=1S/C37H28N2S/c1-37(2)31-17-8-6-16-30(31)35-33(37)34(38-36(39-35)26-11-4-3-5-12-26)25-21-19-24(20-22-25)27-13-10-14-28(23-27)29-15-7-9-18-32(29)40/h3-23,40H,1-2H3. The number of aromatic nitrogens is 2. The van der Waals surface area contributed by atoms with E-state index >= 15 is 0 Å². The van der Waals surface area contributed by atoms with Crippen molar-refractivity contribution in [3.63, 3.8) is 0 Å². The summed E-state index contributed by atoms with van der Waals surface area (Å²) >= 11 is 4.67. The lowest BCUT2D eigenvalue weighted by molar-refractivity contribution is 0.658. The molecule has 0 atom stereocenters. The van der Waals surface area contributed by atoms with Crippen LogP contribution < -0.4 is 0 Å².